The Kier molecular flexibility index (Phi) is 7.36. The topological polar surface area (TPSA) is 78.7 Å². The average Bonchev–Trinajstić information content (AvgIpc) is 3.07. The Morgan fingerprint density at radius 1 is 1.25 bits per heavy atom. The summed E-state index contributed by atoms with van der Waals surface area (Å²) in [4.78, 5) is 28.4. The number of benzene rings is 1. The average molecular weight is 423 g/mol. The molecule has 9 heteroatoms. The van der Waals surface area contributed by atoms with E-state index in [0.717, 1.165) is 11.3 Å². The first-order valence-corrected chi connectivity index (χ1v) is 10.6. The van der Waals surface area contributed by atoms with Crippen LogP contribution >= 0.6 is 23.4 Å². The van der Waals surface area contributed by atoms with Gasteiger partial charge >= 0.3 is 0 Å². The van der Waals surface area contributed by atoms with Gasteiger partial charge in [-0.3, -0.25) is 14.5 Å². The van der Waals surface area contributed by atoms with Gasteiger partial charge in [-0.25, -0.2) is 0 Å². The lowest BCUT2D eigenvalue weighted by atomic mass is 10.2. The highest BCUT2D eigenvalue weighted by atomic mass is 35.5. The molecule has 1 aliphatic rings. The van der Waals surface area contributed by atoms with Crippen molar-refractivity contribution in [1.29, 1.82) is 0 Å². The van der Waals surface area contributed by atoms with E-state index in [1.165, 1.54) is 0 Å². The standard InChI is InChI=1S/C19H23ClN4O3S/c1-14-9-17(22-27-14)21-18(25)11-23-5-7-24(8-6-23)19(26)13-28-12-15-3-2-4-16(20)10-15/h2-4,9-10H,5-8,11-13H2,1H3,(H,21,22,25). The predicted molar refractivity (Wildman–Crippen MR) is 111 cm³/mol. The number of carbonyl (C=O) groups is 2. The van der Waals surface area contributed by atoms with E-state index in [4.69, 9.17) is 16.1 Å². The van der Waals surface area contributed by atoms with Crippen molar-refractivity contribution in [3.8, 4) is 0 Å². The van der Waals surface area contributed by atoms with Crippen molar-refractivity contribution in [3.05, 3.63) is 46.7 Å². The third-order valence-corrected chi connectivity index (χ3v) is 5.59. The molecule has 0 unspecified atom stereocenters. The number of rotatable bonds is 7. The Bertz CT molecular complexity index is 821. The predicted octanol–water partition coefficient (Wildman–Crippen LogP) is 2.65. The van der Waals surface area contributed by atoms with Gasteiger partial charge in [-0.15, -0.1) is 11.8 Å². The first-order chi connectivity index (χ1) is 13.5. The number of hydrogen-bond acceptors (Lipinski definition) is 6. The van der Waals surface area contributed by atoms with E-state index in [2.05, 4.69) is 10.5 Å². The number of amides is 2. The molecule has 0 aliphatic carbocycles. The van der Waals surface area contributed by atoms with Crippen LogP contribution in [0.1, 0.15) is 11.3 Å². The maximum Gasteiger partial charge on any atom is 0.239 e. The van der Waals surface area contributed by atoms with Crippen LogP contribution in [0.5, 0.6) is 0 Å². The molecule has 1 aromatic carbocycles. The highest BCUT2D eigenvalue weighted by Gasteiger charge is 2.22. The van der Waals surface area contributed by atoms with Crippen molar-refractivity contribution in [2.45, 2.75) is 12.7 Å². The third-order valence-electron chi connectivity index (χ3n) is 4.37. The summed E-state index contributed by atoms with van der Waals surface area (Å²) in [5.41, 5.74) is 1.11. The molecule has 0 saturated carbocycles. The van der Waals surface area contributed by atoms with Gasteiger partial charge in [0.1, 0.15) is 5.76 Å². The van der Waals surface area contributed by atoms with Crippen molar-refractivity contribution < 1.29 is 14.1 Å². The van der Waals surface area contributed by atoms with Gasteiger partial charge in [0.2, 0.25) is 11.8 Å². The van der Waals surface area contributed by atoms with Crippen molar-refractivity contribution >= 4 is 41.0 Å². The van der Waals surface area contributed by atoms with Gasteiger partial charge < -0.3 is 14.7 Å². The van der Waals surface area contributed by atoms with Gasteiger partial charge in [0.05, 0.1) is 12.3 Å². The molecule has 1 saturated heterocycles. The van der Waals surface area contributed by atoms with E-state index in [-0.39, 0.29) is 18.4 Å². The summed E-state index contributed by atoms with van der Waals surface area (Å²) in [6.07, 6.45) is 0. The Morgan fingerprint density at radius 2 is 2.04 bits per heavy atom. The highest BCUT2D eigenvalue weighted by Crippen LogP contribution is 2.17. The second-order valence-electron chi connectivity index (χ2n) is 6.65. The quantitative estimate of drug-likeness (QED) is 0.739. The molecule has 1 aromatic heterocycles. The molecule has 28 heavy (non-hydrogen) atoms. The number of aryl methyl sites for hydroxylation is 1. The summed E-state index contributed by atoms with van der Waals surface area (Å²) in [5, 5.41) is 7.18. The van der Waals surface area contributed by atoms with E-state index in [1.807, 2.05) is 34.1 Å². The molecule has 2 heterocycles. The van der Waals surface area contributed by atoms with Gasteiger partial charge in [0.15, 0.2) is 5.82 Å². The minimum Gasteiger partial charge on any atom is -0.360 e. The molecule has 7 nitrogen and oxygen atoms in total. The van der Waals surface area contributed by atoms with Crippen LogP contribution in [0.15, 0.2) is 34.9 Å². The molecule has 150 valence electrons. The zero-order chi connectivity index (χ0) is 19.9. The molecule has 2 amide bonds. The summed E-state index contributed by atoms with van der Waals surface area (Å²) in [7, 11) is 0. The molecule has 1 N–H and O–H groups in total. The molecule has 0 spiro atoms. The minimum absolute atomic E-state index is 0.134. The summed E-state index contributed by atoms with van der Waals surface area (Å²) in [6.45, 7) is 4.66. The van der Waals surface area contributed by atoms with Crippen LogP contribution in [0.3, 0.4) is 0 Å². The molecule has 2 aromatic rings. The van der Waals surface area contributed by atoms with Gasteiger partial charge in [-0.2, -0.15) is 0 Å². The largest absolute Gasteiger partial charge is 0.360 e. The van der Waals surface area contributed by atoms with E-state index >= 15 is 0 Å². The minimum atomic E-state index is -0.134. The monoisotopic (exact) mass is 422 g/mol. The Hall–Kier alpha value is -2.03. The second-order valence-corrected chi connectivity index (χ2v) is 8.07. The van der Waals surface area contributed by atoms with Gasteiger partial charge in [-0.05, 0) is 24.6 Å². The number of anilines is 1. The summed E-state index contributed by atoms with van der Waals surface area (Å²) >= 11 is 7.57. The van der Waals surface area contributed by atoms with Crippen LogP contribution in [0.2, 0.25) is 5.02 Å². The van der Waals surface area contributed by atoms with Crippen molar-refractivity contribution in [2.24, 2.45) is 0 Å². The van der Waals surface area contributed by atoms with E-state index in [9.17, 15) is 9.59 Å². The molecular formula is C19H23ClN4O3S. The smallest absolute Gasteiger partial charge is 0.239 e. The maximum atomic E-state index is 12.4. The van der Waals surface area contributed by atoms with Crippen LogP contribution in [0.4, 0.5) is 5.82 Å². The zero-order valence-electron chi connectivity index (χ0n) is 15.7. The number of aromatic nitrogens is 1. The molecule has 1 fully saturated rings. The summed E-state index contributed by atoms with van der Waals surface area (Å²) in [6, 6.07) is 9.36. The number of piperazine rings is 1. The fraction of sp³-hybridized carbons (Fsp3) is 0.421. The number of nitrogens with one attached hydrogen (secondary N) is 1. The van der Waals surface area contributed by atoms with E-state index in [1.54, 1.807) is 24.8 Å². The van der Waals surface area contributed by atoms with Crippen LogP contribution in [0, 0.1) is 6.92 Å². The molecular weight excluding hydrogens is 400 g/mol. The number of carbonyl (C=O) groups excluding carboxylic acids is 2. The second kappa shape index (κ2) is 9.95. The first-order valence-electron chi connectivity index (χ1n) is 9.05. The zero-order valence-corrected chi connectivity index (χ0v) is 17.3. The first kappa shape index (κ1) is 20.7. The molecule has 0 radical (unpaired) electrons. The van der Waals surface area contributed by atoms with E-state index < -0.39 is 0 Å². The lowest BCUT2D eigenvalue weighted by molar-refractivity contribution is -0.130. The molecule has 0 atom stereocenters. The van der Waals surface area contributed by atoms with Crippen molar-refractivity contribution in [2.75, 3.05) is 43.8 Å². The highest BCUT2D eigenvalue weighted by molar-refractivity contribution is 7.99. The SMILES string of the molecule is Cc1cc(NC(=O)CN2CCN(C(=O)CSCc3cccc(Cl)c3)CC2)no1. The molecule has 1 aliphatic heterocycles. The Balaban J connectivity index is 1.35. The third kappa shape index (κ3) is 6.25. The molecule has 0 bridgehead atoms. The van der Waals surface area contributed by atoms with Crippen LogP contribution < -0.4 is 5.32 Å². The van der Waals surface area contributed by atoms with Gasteiger partial charge in [-0.1, -0.05) is 28.9 Å². The lowest BCUT2D eigenvalue weighted by Crippen LogP contribution is -2.50. The molecule has 3 rings (SSSR count). The maximum absolute atomic E-state index is 12.4. The number of halogens is 1. The van der Waals surface area contributed by atoms with Crippen molar-refractivity contribution in [3.63, 3.8) is 0 Å². The Morgan fingerprint density at radius 3 is 2.71 bits per heavy atom. The number of nitrogens with zero attached hydrogens (tertiary/aromatic N) is 3. The number of hydrogen-bond donors (Lipinski definition) is 1. The van der Waals surface area contributed by atoms with Crippen LogP contribution in [-0.2, 0) is 15.3 Å². The lowest BCUT2D eigenvalue weighted by Gasteiger charge is -2.34. The van der Waals surface area contributed by atoms with E-state index in [0.29, 0.717) is 48.5 Å². The van der Waals surface area contributed by atoms with Crippen molar-refractivity contribution in [1.82, 2.24) is 15.0 Å². The summed E-state index contributed by atoms with van der Waals surface area (Å²) in [5.74, 6) is 2.27. The fourth-order valence-electron chi connectivity index (χ4n) is 2.94. The van der Waals surface area contributed by atoms with Gasteiger partial charge in [0, 0.05) is 43.0 Å². The van der Waals surface area contributed by atoms with Crippen LogP contribution in [-0.4, -0.2) is 65.2 Å². The van der Waals surface area contributed by atoms with Gasteiger partial charge in [0.25, 0.3) is 0 Å². The summed E-state index contributed by atoms with van der Waals surface area (Å²) < 4.78 is 4.93. The normalized spacial score (nSPS) is 14.9. The number of thioether (sulfide) groups is 1. The fourth-order valence-corrected chi connectivity index (χ4v) is 4.03. The van der Waals surface area contributed by atoms with Crippen LogP contribution in [0.25, 0.3) is 0 Å². The Labute approximate surface area is 173 Å².